The largest absolute Gasteiger partial charge is 0.353 e. The molecule has 1 saturated heterocycles. The lowest BCUT2D eigenvalue weighted by atomic mass is 10.0. The number of rotatable bonds is 4. The monoisotopic (exact) mass is 349 g/mol. The Bertz CT molecular complexity index is 658. The molecule has 2 aromatic heterocycles. The van der Waals surface area contributed by atoms with E-state index in [2.05, 4.69) is 32.3 Å². The van der Waals surface area contributed by atoms with Gasteiger partial charge in [-0.2, -0.15) is 0 Å². The molecular formula is C17H24ClN5O. The standard InChI is InChI=1S/C17H23N5O.ClH/c1-21(2)17(23)15-4-3-14(20-15)12-22-10-9-19-11-16(22)13-5-7-18-8-6-13;/h3-8,16,19-20H,9-12H2,1-2H3;1H. The van der Waals surface area contributed by atoms with Crippen molar-refractivity contribution >= 4 is 18.3 Å². The summed E-state index contributed by atoms with van der Waals surface area (Å²) in [6, 6.07) is 8.33. The second-order valence-electron chi connectivity index (χ2n) is 6.07. The lowest BCUT2D eigenvalue weighted by Crippen LogP contribution is -2.45. The van der Waals surface area contributed by atoms with E-state index in [0.29, 0.717) is 11.7 Å². The molecule has 1 unspecified atom stereocenters. The molecule has 0 radical (unpaired) electrons. The number of nitrogens with zero attached hydrogens (tertiary/aromatic N) is 3. The number of H-pyrrole nitrogens is 1. The zero-order chi connectivity index (χ0) is 16.2. The fourth-order valence-corrected chi connectivity index (χ4v) is 2.97. The van der Waals surface area contributed by atoms with Crippen molar-refractivity contribution in [3.8, 4) is 0 Å². The fraction of sp³-hybridized carbons (Fsp3) is 0.412. The summed E-state index contributed by atoms with van der Waals surface area (Å²) < 4.78 is 0. The maximum atomic E-state index is 12.0. The molecule has 130 valence electrons. The molecule has 1 atom stereocenters. The van der Waals surface area contributed by atoms with Crippen LogP contribution in [-0.4, -0.2) is 59.4 Å². The van der Waals surface area contributed by atoms with Crippen LogP contribution in [0.15, 0.2) is 36.7 Å². The zero-order valence-corrected chi connectivity index (χ0v) is 14.8. The molecule has 6 nitrogen and oxygen atoms in total. The third-order valence-corrected chi connectivity index (χ3v) is 4.20. The Labute approximate surface area is 148 Å². The van der Waals surface area contributed by atoms with Gasteiger partial charge in [0.05, 0.1) is 0 Å². The Morgan fingerprint density at radius 1 is 1.29 bits per heavy atom. The molecule has 0 saturated carbocycles. The van der Waals surface area contributed by atoms with Gasteiger partial charge < -0.3 is 15.2 Å². The number of hydrogen-bond acceptors (Lipinski definition) is 4. The first-order valence-electron chi connectivity index (χ1n) is 7.89. The SMILES string of the molecule is CN(C)C(=O)c1ccc(CN2CCNCC2c2ccncc2)[nH]1.Cl. The van der Waals surface area contributed by atoms with Crippen molar-refractivity contribution in [1.82, 2.24) is 25.1 Å². The summed E-state index contributed by atoms with van der Waals surface area (Å²) in [5.41, 5.74) is 2.97. The van der Waals surface area contributed by atoms with E-state index < -0.39 is 0 Å². The maximum absolute atomic E-state index is 12.0. The number of aromatic nitrogens is 2. The molecule has 7 heteroatoms. The number of carbonyl (C=O) groups is 1. The number of aromatic amines is 1. The number of halogens is 1. The molecule has 0 bridgehead atoms. The predicted octanol–water partition coefficient (Wildman–Crippen LogP) is 1.68. The summed E-state index contributed by atoms with van der Waals surface area (Å²) in [4.78, 5) is 23.4. The van der Waals surface area contributed by atoms with Gasteiger partial charge >= 0.3 is 0 Å². The average Bonchev–Trinajstić information content (AvgIpc) is 3.04. The van der Waals surface area contributed by atoms with Crippen LogP contribution in [0.5, 0.6) is 0 Å². The van der Waals surface area contributed by atoms with Gasteiger partial charge in [0.25, 0.3) is 5.91 Å². The minimum atomic E-state index is 0. The van der Waals surface area contributed by atoms with Crippen molar-refractivity contribution in [1.29, 1.82) is 0 Å². The van der Waals surface area contributed by atoms with E-state index in [1.807, 2.05) is 24.5 Å². The average molecular weight is 350 g/mol. The summed E-state index contributed by atoms with van der Waals surface area (Å²) in [7, 11) is 3.53. The second-order valence-corrected chi connectivity index (χ2v) is 6.07. The first-order chi connectivity index (χ1) is 11.1. The summed E-state index contributed by atoms with van der Waals surface area (Å²) in [5.74, 6) is 0.00208. The van der Waals surface area contributed by atoms with E-state index in [9.17, 15) is 4.79 Å². The number of nitrogens with one attached hydrogen (secondary N) is 2. The van der Waals surface area contributed by atoms with Crippen molar-refractivity contribution in [3.05, 3.63) is 53.6 Å². The van der Waals surface area contributed by atoms with Crippen molar-refractivity contribution in [2.75, 3.05) is 33.7 Å². The summed E-state index contributed by atoms with van der Waals surface area (Å²) in [6.07, 6.45) is 3.68. The summed E-state index contributed by atoms with van der Waals surface area (Å²) >= 11 is 0. The van der Waals surface area contributed by atoms with Crippen LogP contribution in [0.1, 0.15) is 27.8 Å². The van der Waals surface area contributed by atoms with Crippen LogP contribution in [0.3, 0.4) is 0 Å². The fourth-order valence-electron chi connectivity index (χ4n) is 2.97. The zero-order valence-electron chi connectivity index (χ0n) is 14.0. The molecule has 2 N–H and O–H groups in total. The highest BCUT2D eigenvalue weighted by Crippen LogP contribution is 2.23. The smallest absolute Gasteiger partial charge is 0.269 e. The topological polar surface area (TPSA) is 64.3 Å². The number of piperazine rings is 1. The summed E-state index contributed by atoms with van der Waals surface area (Å²) in [6.45, 7) is 3.68. The molecule has 3 heterocycles. The molecule has 0 aromatic carbocycles. The third-order valence-electron chi connectivity index (χ3n) is 4.20. The third kappa shape index (κ3) is 4.14. The van der Waals surface area contributed by atoms with Gasteiger partial charge in [0.1, 0.15) is 5.69 Å². The lowest BCUT2D eigenvalue weighted by Gasteiger charge is -2.36. The highest BCUT2D eigenvalue weighted by Gasteiger charge is 2.24. The highest BCUT2D eigenvalue weighted by atomic mass is 35.5. The van der Waals surface area contributed by atoms with Crippen LogP contribution in [0.2, 0.25) is 0 Å². The van der Waals surface area contributed by atoms with Crippen LogP contribution in [0.25, 0.3) is 0 Å². The van der Waals surface area contributed by atoms with Gasteiger partial charge in [0, 0.05) is 64.4 Å². The first kappa shape index (κ1) is 18.4. The number of pyridine rings is 1. The van der Waals surface area contributed by atoms with Gasteiger partial charge in [0.2, 0.25) is 0 Å². The van der Waals surface area contributed by atoms with E-state index >= 15 is 0 Å². The van der Waals surface area contributed by atoms with Crippen LogP contribution >= 0.6 is 12.4 Å². The Hall–Kier alpha value is -1.89. The first-order valence-corrected chi connectivity index (χ1v) is 7.89. The van der Waals surface area contributed by atoms with E-state index in [4.69, 9.17) is 0 Å². The molecule has 0 spiro atoms. The van der Waals surface area contributed by atoms with E-state index in [1.165, 1.54) is 5.56 Å². The van der Waals surface area contributed by atoms with Gasteiger partial charge in [-0.05, 0) is 29.8 Å². The van der Waals surface area contributed by atoms with E-state index in [1.54, 1.807) is 19.0 Å². The minimum absolute atomic E-state index is 0. The van der Waals surface area contributed by atoms with Gasteiger partial charge in [-0.25, -0.2) is 0 Å². The Balaban J connectivity index is 0.00000208. The summed E-state index contributed by atoms with van der Waals surface area (Å²) in [5, 5.41) is 3.45. The van der Waals surface area contributed by atoms with Crippen molar-refractivity contribution < 1.29 is 4.79 Å². The Morgan fingerprint density at radius 3 is 2.75 bits per heavy atom. The van der Waals surface area contributed by atoms with Crippen LogP contribution in [0, 0.1) is 0 Å². The van der Waals surface area contributed by atoms with Crippen molar-refractivity contribution in [2.24, 2.45) is 0 Å². The molecule has 3 rings (SSSR count). The number of amides is 1. The van der Waals surface area contributed by atoms with Crippen molar-refractivity contribution in [2.45, 2.75) is 12.6 Å². The number of carbonyl (C=O) groups excluding carboxylic acids is 1. The van der Waals surface area contributed by atoms with Gasteiger partial charge in [-0.3, -0.25) is 14.7 Å². The van der Waals surface area contributed by atoms with E-state index in [0.717, 1.165) is 31.9 Å². The molecule has 2 aromatic rings. The van der Waals surface area contributed by atoms with Crippen LogP contribution in [0.4, 0.5) is 0 Å². The van der Waals surface area contributed by atoms with Gasteiger partial charge in [0.15, 0.2) is 0 Å². The predicted molar refractivity (Wildman–Crippen MR) is 96.3 cm³/mol. The molecule has 1 aliphatic heterocycles. The Morgan fingerprint density at radius 2 is 2.04 bits per heavy atom. The second kappa shape index (κ2) is 8.28. The molecule has 1 fully saturated rings. The van der Waals surface area contributed by atoms with Gasteiger partial charge in [-0.15, -0.1) is 12.4 Å². The molecule has 1 amide bonds. The Kier molecular flexibility index (Phi) is 6.36. The normalized spacial score (nSPS) is 18.0. The van der Waals surface area contributed by atoms with Gasteiger partial charge in [-0.1, -0.05) is 0 Å². The quantitative estimate of drug-likeness (QED) is 0.881. The van der Waals surface area contributed by atoms with Crippen LogP contribution in [-0.2, 0) is 6.54 Å². The maximum Gasteiger partial charge on any atom is 0.269 e. The van der Waals surface area contributed by atoms with Crippen LogP contribution < -0.4 is 5.32 Å². The lowest BCUT2D eigenvalue weighted by molar-refractivity contribution is 0.0822. The highest BCUT2D eigenvalue weighted by molar-refractivity contribution is 5.92. The van der Waals surface area contributed by atoms with E-state index in [-0.39, 0.29) is 18.3 Å². The minimum Gasteiger partial charge on any atom is -0.353 e. The molecule has 1 aliphatic rings. The number of hydrogen-bond donors (Lipinski definition) is 2. The molecule has 24 heavy (non-hydrogen) atoms. The molecule has 0 aliphatic carbocycles. The molecular weight excluding hydrogens is 326 g/mol. The van der Waals surface area contributed by atoms with Crippen molar-refractivity contribution in [3.63, 3.8) is 0 Å².